The van der Waals surface area contributed by atoms with Gasteiger partial charge in [-0.1, -0.05) is 81.7 Å². The van der Waals surface area contributed by atoms with E-state index in [1.54, 1.807) is 18.2 Å². The first-order chi connectivity index (χ1) is 25.4. The maximum absolute atomic E-state index is 13.8. The molecule has 2 N–H and O–H groups in total. The summed E-state index contributed by atoms with van der Waals surface area (Å²) >= 11 is 0. The molecule has 54 heavy (non-hydrogen) atoms. The SMILES string of the molecule is CC1(C)OCc2cc([C@@H](O)CNCCc3cccc(COCCc4cccc(S(=O)(=O)N(COCC[Si](C)(C)C)COCC[Si](C)(C)C)c4)c3)ccc2O1. The van der Waals surface area contributed by atoms with Gasteiger partial charge in [0.2, 0.25) is 15.8 Å². The van der Waals surface area contributed by atoms with E-state index in [-0.39, 0.29) is 18.4 Å². The predicted molar refractivity (Wildman–Crippen MR) is 221 cm³/mol. The fourth-order valence-corrected chi connectivity index (χ4v) is 8.47. The summed E-state index contributed by atoms with van der Waals surface area (Å²) in [4.78, 5) is 0.229. The molecule has 0 amide bonds. The third-order valence-corrected chi connectivity index (χ3v) is 14.3. The summed E-state index contributed by atoms with van der Waals surface area (Å²) in [6.45, 7) is 20.9. The van der Waals surface area contributed by atoms with Crippen LogP contribution in [0.1, 0.15) is 47.8 Å². The molecule has 1 aliphatic heterocycles. The molecule has 0 saturated heterocycles. The molecule has 0 spiro atoms. The Morgan fingerprint density at radius 1 is 0.815 bits per heavy atom. The molecule has 0 fully saturated rings. The van der Waals surface area contributed by atoms with E-state index < -0.39 is 38.1 Å². The first-order valence-corrected chi connectivity index (χ1v) is 28.0. The van der Waals surface area contributed by atoms with E-state index in [0.717, 1.165) is 53.1 Å². The van der Waals surface area contributed by atoms with Gasteiger partial charge in [-0.25, -0.2) is 8.42 Å². The molecule has 10 nitrogen and oxygen atoms in total. The van der Waals surface area contributed by atoms with E-state index >= 15 is 0 Å². The van der Waals surface area contributed by atoms with Crippen LogP contribution in [0.3, 0.4) is 0 Å². The minimum atomic E-state index is -3.83. The van der Waals surface area contributed by atoms with Crippen LogP contribution in [-0.4, -0.2) is 86.1 Å². The summed E-state index contributed by atoms with van der Waals surface area (Å²) in [5, 5.41) is 14.1. The average molecular weight is 801 g/mol. The van der Waals surface area contributed by atoms with Crippen molar-refractivity contribution in [2.24, 2.45) is 0 Å². The summed E-state index contributed by atoms with van der Waals surface area (Å²) < 4.78 is 58.3. The van der Waals surface area contributed by atoms with Crippen molar-refractivity contribution in [3.05, 3.63) is 94.5 Å². The second-order valence-electron chi connectivity index (χ2n) is 17.1. The quantitative estimate of drug-likeness (QED) is 0.0570. The summed E-state index contributed by atoms with van der Waals surface area (Å²) in [7, 11) is -6.46. The lowest BCUT2D eigenvalue weighted by molar-refractivity contribution is -0.180. The number of nitrogens with zero attached hydrogens (tertiary/aromatic N) is 1. The van der Waals surface area contributed by atoms with Crippen LogP contribution in [0.25, 0.3) is 0 Å². The Morgan fingerprint density at radius 3 is 2.11 bits per heavy atom. The van der Waals surface area contributed by atoms with Gasteiger partial charge in [0.05, 0.1) is 30.8 Å². The van der Waals surface area contributed by atoms with Crippen molar-refractivity contribution in [2.45, 2.75) is 108 Å². The second-order valence-corrected chi connectivity index (χ2v) is 30.2. The Balaban J connectivity index is 1.22. The van der Waals surface area contributed by atoms with Crippen LogP contribution < -0.4 is 10.1 Å². The minimum absolute atomic E-state index is 0.0372. The highest BCUT2D eigenvalue weighted by atomic mass is 32.2. The van der Waals surface area contributed by atoms with Gasteiger partial charge in [-0.05, 0) is 78.0 Å². The highest BCUT2D eigenvalue weighted by Crippen LogP contribution is 2.33. The van der Waals surface area contributed by atoms with Crippen molar-refractivity contribution in [1.29, 1.82) is 0 Å². The standard InChI is InChI=1S/C41H64N2O8SSi2/c1-41(2)50-30-37-27-36(15-16-40(37)51-41)39(44)28-42-19-17-33-11-9-13-35(25-33)29-47-20-18-34-12-10-14-38(26-34)52(45,46)43(31-48-21-23-53(3,4)5)32-49-22-24-54(6,7)8/h9-16,25-27,39,42,44H,17-24,28-32H2,1-8H3/t39-/m0/s1. The number of ether oxygens (including phenoxy) is 5. The number of fused-ring (bicyclic) bond motifs is 1. The molecule has 0 saturated carbocycles. The lowest BCUT2D eigenvalue weighted by Gasteiger charge is -2.33. The van der Waals surface area contributed by atoms with Crippen LogP contribution in [0.2, 0.25) is 51.4 Å². The van der Waals surface area contributed by atoms with Crippen molar-refractivity contribution in [3.63, 3.8) is 0 Å². The highest BCUT2D eigenvalue weighted by molar-refractivity contribution is 7.89. The van der Waals surface area contributed by atoms with Gasteiger partial charge in [0, 0.05) is 55.3 Å². The van der Waals surface area contributed by atoms with Crippen molar-refractivity contribution < 1.29 is 37.2 Å². The van der Waals surface area contributed by atoms with Gasteiger partial charge >= 0.3 is 0 Å². The number of hydrogen-bond acceptors (Lipinski definition) is 9. The zero-order chi connectivity index (χ0) is 39.4. The first-order valence-electron chi connectivity index (χ1n) is 19.1. The molecule has 13 heteroatoms. The normalized spacial score (nSPS) is 15.2. The zero-order valence-corrected chi connectivity index (χ0v) is 36.6. The molecule has 0 radical (unpaired) electrons. The fraction of sp³-hybridized carbons (Fsp3) is 0.561. The Bertz CT molecular complexity index is 1700. The van der Waals surface area contributed by atoms with Crippen molar-refractivity contribution in [2.75, 3.05) is 46.4 Å². The van der Waals surface area contributed by atoms with Gasteiger partial charge in [-0.2, -0.15) is 0 Å². The van der Waals surface area contributed by atoms with Gasteiger partial charge in [0.15, 0.2) is 0 Å². The lowest BCUT2D eigenvalue weighted by atomic mass is 10.0. The summed E-state index contributed by atoms with van der Waals surface area (Å²) in [6.07, 6.45) is 0.755. The van der Waals surface area contributed by atoms with Gasteiger partial charge in [0.25, 0.3) is 0 Å². The number of hydrogen-bond donors (Lipinski definition) is 2. The Morgan fingerprint density at radius 2 is 1.44 bits per heavy atom. The monoisotopic (exact) mass is 800 g/mol. The maximum atomic E-state index is 13.8. The maximum Gasteiger partial charge on any atom is 0.246 e. The summed E-state index contributed by atoms with van der Waals surface area (Å²) in [5.41, 5.74) is 4.91. The molecule has 300 valence electrons. The fourth-order valence-electron chi connectivity index (χ4n) is 5.69. The molecule has 0 unspecified atom stereocenters. The molecule has 1 atom stereocenters. The van der Waals surface area contributed by atoms with Crippen molar-refractivity contribution >= 4 is 26.2 Å². The van der Waals surface area contributed by atoms with E-state index in [2.05, 4.69) is 56.7 Å². The molecule has 3 aromatic rings. The number of sulfonamides is 1. The van der Waals surface area contributed by atoms with Crippen LogP contribution >= 0.6 is 0 Å². The summed E-state index contributed by atoms with van der Waals surface area (Å²) in [5.74, 6) is 0.150. The van der Waals surface area contributed by atoms with Gasteiger partial charge < -0.3 is 34.1 Å². The molecular formula is C41H64N2O8SSi2. The topological polar surface area (TPSA) is 116 Å². The largest absolute Gasteiger partial charge is 0.463 e. The first kappa shape index (κ1) is 44.3. The van der Waals surface area contributed by atoms with Gasteiger partial charge in [-0.15, -0.1) is 4.31 Å². The van der Waals surface area contributed by atoms with Gasteiger partial charge in [0.1, 0.15) is 19.2 Å². The number of benzene rings is 3. The van der Waals surface area contributed by atoms with E-state index in [1.165, 1.54) is 9.87 Å². The number of aliphatic hydroxyl groups excluding tert-OH is 1. The molecule has 3 aromatic carbocycles. The predicted octanol–water partition coefficient (Wildman–Crippen LogP) is 7.57. The Labute approximate surface area is 326 Å². The number of aliphatic hydroxyl groups is 1. The molecule has 4 rings (SSSR count). The number of nitrogens with one attached hydrogen (secondary N) is 1. The minimum Gasteiger partial charge on any atom is -0.463 e. The van der Waals surface area contributed by atoms with Crippen LogP contribution in [0.5, 0.6) is 5.75 Å². The molecule has 1 heterocycles. The van der Waals surface area contributed by atoms with E-state index in [0.29, 0.717) is 46.0 Å². The van der Waals surface area contributed by atoms with Crippen LogP contribution in [0.15, 0.2) is 71.6 Å². The summed E-state index contributed by atoms with van der Waals surface area (Å²) in [6, 6.07) is 23.1. The Hall–Kier alpha value is -2.44. The van der Waals surface area contributed by atoms with Crippen LogP contribution in [0, 0.1) is 0 Å². The highest BCUT2D eigenvalue weighted by Gasteiger charge is 2.28. The molecule has 0 bridgehead atoms. The van der Waals surface area contributed by atoms with E-state index in [4.69, 9.17) is 23.7 Å². The zero-order valence-electron chi connectivity index (χ0n) is 33.8. The van der Waals surface area contributed by atoms with Crippen LogP contribution in [-0.2, 0) is 55.0 Å². The number of rotatable bonds is 23. The molecular weight excluding hydrogens is 737 g/mol. The second kappa shape index (κ2) is 20.1. The lowest BCUT2D eigenvalue weighted by Crippen LogP contribution is -2.36. The average Bonchev–Trinajstić information content (AvgIpc) is 3.10. The molecule has 0 aromatic heterocycles. The van der Waals surface area contributed by atoms with Crippen molar-refractivity contribution in [3.8, 4) is 5.75 Å². The van der Waals surface area contributed by atoms with Gasteiger partial charge in [-0.3, -0.25) is 0 Å². The molecule has 0 aliphatic carbocycles. The molecule has 1 aliphatic rings. The smallest absolute Gasteiger partial charge is 0.246 e. The van der Waals surface area contributed by atoms with E-state index in [1.807, 2.05) is 50.2 Å². The third kappa shape index (κ3) is 15.2. The van der Waals surface area contributed by atoms with Crippen molar-refractivity contribution in [1.82, 2.24) is 9.62 Å². The van der Waals surface area contributed by atoms with Crippen LogP contribution in [0.4, 0.5) is 0 Å². The Kier molecular flexibility index (Phi) is 16.5. The van der Waals surface area contributed by atoms with E-state index in [9.17, 15) is 13.5 Å². The third-order valence-electron chi connectivity index (χ3n) is 9.12.